The summed E-state index contributed by atoms with van der Waals surface area (Å²) < 4.78 is 11.9. The third-order valence-electron chi connectivity index (χ3n) is 2.61. The quantitative estimate of drug-likeness (QED) is 0.828. The van der Waals surface area contributed by atoms with E-state index < -0.39 is 10.8 Å². The van der Waals surface area contributed by atoms with Gasteiger partial charge in [-0.1, -0.05) is 36.7 Å². The van der Waals surface area contributed by atoms with Crippen LogP contribution in [0.4, 0.5) is 0 Å². The molecule has 0 fully saturated rings. The van der Waals surface area contributed by atoms with E-state index in [9.17, 15) is 4.21 Å². The number of rotatable bonds is 7. The van der Waals surface area contributed by atoms with Crippen LogP contribution in [0.2, 0.25) is 5.02 Å². The van der Waals surface area contributed by atoms with E-state index in [1.54, 1.807) is 0 Å². The third-order valence-corrected chi connectivity index (χ3v) is 4.30. The average Bonchev–Trinajstić information content (AvgIpc) is 2.30. The zero-order valence-corrected chi connectivity index (χ0v) is 12.0. The van der Waals surface area contributed by atoms with Crippen LogP contribution in [0.1, 0.15) is 25.8 Å². The Balaban J connectivity index is 2.37. The number of hydrogen-bond donors (Lipinski definition) is 1. The molecule has 17 heavy (non-hydrogen) atoms. The van der Waals surface area contributed by atoms with Gasteiger partial charge in [-0.15, -0.1) is 0 Å². The van der Waals surface area contributed by atoms with Crippen LogP contribution in [0.25, 0.3) is 0 Å². The summed E-state index contributed by atoms with van der Waals surface area (Å²) in [5.74, 6) is 1.28. The molecule has 96 valence electrons. The van der Waals surface area contributed by atoms with Gasteiger partial charge < -0.3 is 5.32 Å². The van der Waals surface area contributed by atoms with E-state index in [2.05, 4.69) is 19.2 Å². The molecule has 2 atom stereocenters. The lowest BCUT2D eigenvalue weighted by atomic mass is 10.2. The summed E-state index contributed by atoms with van der Waals surface area (Å²) in [5, 5.41) is 4.02. The molecule has 2 nitrogen and oxygen atoms in total. The lowest BCUT2D eigenvalue weighted by Gasteiger charge is -2.11. The Morgan fingerprint density at radius 3 is 2.76 bits per heavy atom. The van der Waals surface area contributed by atoms with Gasteiger partial charge in [0.1, 0.15) is 0 Å². The smallest absolute Gasteiger partial charge is 0.0500 e. The van der Waals surface area contributed by atoms with Gasteiger partial charge in [0, 0.05) is 33.4 Å². The molecule has 0 bridgehead atoms. The molecular weight excluding hydrogens is 254 g/mol. The maximum absolute atomic E-state index is 11.9. The van der Waals surface area contributed by atoms with Gasteiger partial charge in [0.05, 0.1) is 0 Å². The Labute approximate surface area is 111 Å². The van der Waals surface area contributed by atoms with E-state index in [0.29, 0.717) is 16.8 Å². The van der Waals surface area contributed by atoms with Crippen LogP contribution in [-0.2, 0) is 16.6 Å². The molecule has 1 aromatic carbocycles. The van der Waals surface area contributed by atoms with Crippen molar-refractivity contribution in [3.8, 4) is 0 Å². The highest BCUT2D eigenvalue weighted by Crippen LogP contribution is 2.16. The molecule has 1 rings (SSSR count). The van der Waals surface area contributed by atoms with Crippen molar-refractivity contribution >= 4 is 22.4 Å². The Bertz CT molecular complexity index is 370. The first kappa shape index (κ1) is 14.7. The highest BCUT2D eigenvalue weighted by atomic mass is 35.5. The van der Waals surface area contributed by atoms with E-state index in [4.69, 9.17) is 11.6 Å². The van der Waals surface area contributed by atoms with Crippen molar-refractivity contribution in [2.45, 2.75) is 32.1 Å². The van der Waals surface area contributed by atoms with E-state index in [0.717, 1.165) is 24.3 Å². The van der Waals surface area contributed by atoms with Gasteiger partial charge >= 0.3 is 0 Å². The molecule has 0 aliphatic heterocycles. The molecule has 0 aliphatic rings. The topological polar surface area (TPSA) is 29.1 Å². The fourth-order valence-electron chi connectivity index (χ4n) is 1.62. The predicted molar refractivity (Wildman–Crippen MR) is 75.9 cm³/mol. The van der Waals surface area contributed by atoms with Crippen LogP contribution in [0.15, 0.2) is 24.3 Å². The van der Waals surface area contributed by atoms with Crippen LogP contribution in [0, 0.1) is 0 Å². The molecule has 0 radical (unpaired) electrons. The molecule has 0 spiro atoms. The summed E-state index contributed by atoms with van der Waals surface area (Å²) in [7, 11) is -0.830. The average molecular weight is 274 g/mol. The van der Waals surface area contributed by atoms with Gasteiger partial charge in [-0.05, 0) is 31.5 Å². The number of hydrogen-bond acceptors (Lipinski definition) is 2. The minimum absolute atomic E-state index is 0.426. The Kier molecular flexibility index (Phi) is 6.78. The van der Waals surface area contributed by atoms with Gasteiger partial charge in [-0.3, -0.25) is 4.21 Å². The van der Waals surface area contributed by atoms with Crippen molar-refractivity contribution in [3.05, 3.63) is 34.9 Å². The van der Waals surface area contributed by atoms with E-state index in [-0.39, 0.29) is 0 Å². The first-order valence-corrected chi connectivity index (χ1v) is 7.81. The highest BCUT2D eigenvalue weighted by Gasteiger charge is 2.07. The van der Waals surface area contributed by atoms with E-state index >= 15 is 0 Å². The summed E-state index contributed by atoms with van der Waals surface area (Å²) in [6.45, 7) is 5.16. The Hall–Kier alpha value is -0.380. The van der Waals surface area contributed by atoms with Crippen molar-refractivity contribution in [1.82, 2.24) is 5.32 Å². The van der Waals surface area contributed by atoms with Gasteiger partial charge in [-0.25, -0.2) is 0 Å². The van der Waals surface area contributed by atoms with Gasteiger partial charge in [0.2, 0.25) is 0 Å². The summed E-state index contributed by atoms with van der Waals surface area (Å²) in [6.07, 6.45) is 0.935. The first-order chi connectivity index (χ1) is 8.13. The summed E-state index contributed by atoms with van der Waals surface area (Å²) in [6, 6.07) is 8.03. The summed E-state index contributed by atoms with van der Waals surface area (Å²) in [4.78, 5) is 0. The number of benzene rings is 1. The Morgan fingerprint density at radius 2 is 2.12 bits per heavy atom. The van der Waals surface area contributed by atoms with Crippen molar-refractivity contribution in [1.29, 1.82) is 0 Å². The van der Waals surface area contributed by atoms with Crippen LogP contribution in [0.3, 0.4) is 0 Å². The minimum atomic E-state index is -0.830. The van der Waals surface area contributed by atoms with Crippen LogP contribution >= 0.6 is 11.6 Å². The molecule has 0 aliphatic carbocycles. The van der Waals surface area contributed by atoms with Gasteiger partial charge in [0.25, 0.3) is 0 Å². The normalized spacial score (nSPS) is 14.5. The summed E-state index contributed by atoms with van der Waals surface area (Å²) in [5.41, 5.74) is 0.976. The van der Waals surface area contributed by atoms with Gasteiger partial charge in [0.15, 0.2) is 0 Å². The van der Waals surface area contributed by atoms with Gasteiger partial charge in [-0.2, -0.15) is 0 Å². The standard InChI is InChI=1S/C13H20ClNOS/c1-3-15-11(2)8-9-17(16)10-12-6-4-5-7-13(12)14/h4-7,11,15H,3,8-10H2,1-2H3. The second-order valence-electron chi connectivity index (χ2n) is 4.13. The molecule has 4 heteroatoms. The zero-order valence-electron chi connectivity index (χ0n) is 10.4. The third kappa shape index (κ3) is 5.66. The SMILES string of the molecule is CCNC(C)CCS(=O)Cc1ccccc1Cl. The maximum atomic E-state index is 11.9. The lowest BCUT2D eigenvalue weighted by Crippen LogP contribution is -2.27. The molecular formula is C13H20ClNOS. The monoisotopic (exact) mass is 273 g/mol. The predicted octanol–water partition coefficient (Wildman–Crippen LogP) is 2.98. The molecule has 0 heterocycles. The van der Waals surface area contributed by atoms with Crippen molar-refractivity contribution < 1.29 is 4.21 Å². The fraction of sp³-hybridized carbons (Fsp3) is 0.538. The first-order valence-electron chi connectivity index (χ1n) is 5.95. The largest absolute Gasteiger partial charge is 0.315 e. The molecule has 0 aromatic heterocycles. The molecule has 0 amide bonds. The maximum Gasteiger partial charge on any atom is 0.0500 e. The van der Waals surface area contributed by atoms with Crippen molar-refractivity contribution in [2.24, 2.45) is 0 Å². The van der Waals surface area contributed by atoms with Crippen LogP contribution in [-0.4, -0.2) is 22.5 Å². The van der Waals surface area contributed by atoms with E-state index in [1.807, 2.05) is 24.3 Å². The highest BCUT2D eigenvalue weighted by molar-refractivity contribution is 7.84. The Morgan fingerprint density at radius 1 is 1.41 bits per heavy atom. The number of nitrogens with one attached hydrogen (secondary N) is 1. The van der Waals surface area contributed by atoms with Crippen molar-refractivity contribution in [2.75, 3.05) is 12.3 Å². The fourth-order valence-corrected chi connectivity index (χ4v) is 3.26. The lowest BCUT2D eigenvalue weighted by molar-refractivity contribution is 0.553. The second-order valence-corrected chi connectivity index (χ2v) is 6.11. The molecule has 0 saturated carbocycles. The van der Waals surface area contributed by atoms with Crippen molar-refractivity contribution in [3.63, 3.8) is 0 Å². The van der Waals surface area contributed by atoms with E-state index in [1.165, 1.54) is 0 Å². The molecule has 1 N–H and O–H groups in total. The summed E-state index contributed by atoms with van der Waals surface area (Å²) >= 11 is 6.03. The minimum Gasteiger partial charge on any atom is -0.315 e. The van der Waals surface area contributed by atoms with Crippen LogP contribution < -0.4 is 5.32 Å². The molecule has 1 aromatic rings. The number of halogens is 1. The zero-order chi connectivity index (χ0) is 12.7. The second kappa shape index (κ2) is 7.85. The molecule has 0 saturated heterocycles. The molecule has 2 unspecified atom stereocenters. The van der Waals surface area contributed by atoms with Crippen LogP contribution in [0.5, 0.6) is 0 Å².